The van der Waals surface area contributed by atoms with Crippen molar-refractivity contribution in [1.29, 1.82) is 0 Å². The molecule has 1 aromatic heterocycles. The number of nitrogens with zero attached hydrogens (tertiary/aromatic N) is 3. The van der Waals surface area contributed by atoms with Crippen molar-refractivity contribution >= 4 is 0 Å². The molecule has 0 aromatic carbocycles. The zero-order valence-electron chi connectivity index (χ0n) is 7.77. The van der Waals surface area contributed by atoms with E-state index in [0.717, 1.165) is 11.9 Å². The van der Waals surface area contributed by atoms with E-state index < -0.39 is 0 Å². The quantitative estimate of drug-likeness (QED) is 0.678. The van der Waals surface area contributed by atoms with Crippen molar-refractivity contribution in [2.45, 2.75) is 37.3 Å². The zero-order valence-corrected chi connectivity index (χ0v) is 7.77. The van der Waals surface area contributed by atoms with E-state index in [9.17, 15) is 0 Å². The summed E-state index contributed by atoms with van der Waals surface area (Å²) in [5.41, 5.74) is 0. The zero-order chi connectivity index (χ0) is 8.84. The first-order chi connectivity index (χ1) is 6.34. The van der Waals surface area contributed by atoms with Crippen molar-refractivity contribution in [1.82, 2.24) is 20.1 Å². The highest BCUT2D eigenvalue weighted by atomic mass is 15.3. The van der Waals surface area contributed by atoms with Gasteiger partial charge in [-0.1, -0.05) is 0 Å². The van der Waals surface area contributed by atoms with Crippen molar-refractivity contribution in [2.24, 2.45) is 7.05 Å². The summed E-state index contributed by atoms with van der Waals surface area (Å²) < 4.78 is 2.05. The Bertz CT molecular complexity index is 319. The average Bonchev–Trinajstić information content (AvgIpc) is 2.77. The predicted molar refractivity (Wildman–Crippen MR) is 48.3 cm³/mol. The van der Waals surface area contributed by atoms with Gasteiger partial charge in [-0.15, -0.1) is 10.2 Å². The van der Waals surface area contributed by atoms with E-state index in [1.807, 2.05) is 11.6 Å². The molecule has 0 amide bonds. The van der Waals surface area contributed by atoms with Crippen LogP contribution in [-0.2, 0) is 7.05 Å². The number of hydrogen-bond acceptors (Lipinski definition) is 3. The Morgan fingerprint density at radius 2 is 2.46 bits per heavy atom. The molecule has 1 N–H and O–H groups in total. The smallest absolute Gasteiger partial charge is 0.137 e. The van der Waals surface area contributed by atoms with E-state index >= 15 is 0 Å². The minimum atomic E-state index is 0.603. The van der Waals surface area contributed by atoms with Crippen LogP contribution >= 0.6 is 0 Å². The molecule has 0 radical (unpaired) electrons. The molecule has 3 heterocycles. The highest BCUT2D eigenvalue weighted by Crippen LogP contribution is 2.38. The van der Waals surface area contributed by atoms with Crippen LogP contribution in [0, 0.1) is 0 Å². The SMILES string of the molecule is Cn1cnnc1C1CC2CCC1N2. The monoisotopic (exact) mass is 178 g/mol. The number of rotatable bonds is 1. The Labute approximate surface area is 77.4 Å². The van der Waals surface area contributed by atoms with Crippen LogP contribution in [0.25, 0.3) is 0 Å². The highest BCUT2D eigenvalue weighted by molar-refractivity contribution is 5.11. The number of aromatic nitrogens is 3. The van der Waals surface area contributed by atoms with Gasteiger partial charge in [0.2, 0.25) is 0 Å². The minimum Gasteiger partial charge on any atom is -0.320 e. The average molecular weight is 178 g/mol. The molecule has 70 valence electrons. The van der Waals surface area contributed by atoms with Crippen LogP contribution in [0.15, 0.2) is 6.33 Å². The number of nitrogens with one attached hydrogen (secondary N) is 1. The van der Waals surface area contributed by atoms with Crippen LogP contribution in [-0.4, -0.2) is 26.8 Å². The van der Waals surface area contributed by atoms with E-state index in [0.29, 0.717) is 12.0 Å². The summed E-state index contributed by atoms with van der Waals surface area (Å²) >= 11 is 0. The van der Waals surface area contributed by atoms with E-state index in [1.165, 1.54) is 19.3 Å². The van der Waals surface area contributed by atoms with Gasteiger partial charge in [0.1, 0.15) is 12.2 Å². The Balaban J connectivity index is 1.91. The summed E-state index contributed by atoms with van der Waals surface area (Å²) in [6, 6.07) is 1.40. The van der Waals surface area contributed by atoms with E-state index in [4.69, 9.17) is 0 Å². The fourth-order valence-corrected chi connectivity index (χ4v) is 2.74. The maximum Gasteiger partial charge on any atom is 0.137 e. The Morgan fingerprint density at radius 1 is 1.54 bits per heavy atom. The lowest BCUT2D eigenvalue weighted by molar-refractivity contribution is 0.475. The summed E-state index contributed by atoms with van der Waals surface area (Å²) in [5, 5.41) is 11.7. The molecule has 2 aliphatic rings. The van der Waals surface area contributed by atoms with E-state index in [2.05, 4.69) is 15.5 Å². The topological polar surface area (TPSA) is 42.7 Å². The number of aryl methyl sites for hydroxylation is 1. The van der Waals surface area contributed by atoms with Crippen molar-refractivity contribution in [3.63, 3.8) is 0 Å². The molecule has 3 unspecified atom stereocenters. The molecule has 0 spiro atoms. The standard InChI is InChI=1S/C9H14N4/c1-13-5-10-12-9(13)7-4-6-2-3-8(7)11-6/h5-8,11H,2-4H2,1H3. The second kappa shape index (κ2) is 2.54. The van der Waals surface area contributed by atoms with Gasteiger partial charge in [0.25, 0.3) is 0 Å². The third kappa shape index (κ3) is 1.01. The molecule has 3 rings (SSSR count). The van der Waals surface area contributed by atoms with Gasteiger partial charge in [-0.2, -0.15) is 0 Å². The van der Waals surface area contributed by atoms with Gasteiger partial charge < -0.3 is 9.88 Å². The second-order valence-electron chi connectivity index (χ2n) is 4.19. The first-order valence-electron chi connectivity index (χ1n) is 4.94. The van der Waals surface area contributed by atoms with Crippen molar-refractivity contribution in [2.75, 3.05) is 0 Å². The Morgan fingerprint density at radius 3 is 3.00 bits per heavy atom. The van der Waals surface area contributed by atoms with Gasteiger partial charge in [-0.05, 0) is 19.3 Å². The van der Waals surface area contributed by atoms with Crippen LogP contribution < -0.4 is 5.32 Å². The molecule has 1 aromatic rings. The molecule has 2 fully saturated rings. The summed E-state index contributed by atoms with van der Waals surface area (Å²) in [6.07, 6.45) is 5.69. The van der Waals surface area contributed by atoms with Crippen molar-refractivity contribution < 1.29 is 0 Å². The molecular weight excluding hydrogens is 164 g/mol. The van der Waals surface area contributed by atoms with Gasteiger partial charge >= 0.3 is 0 Å². The third-order valence-electron chi connectivity index (χ3n) is 3.38. The van der Waals surface area contributed by atoms with Gasteiger partial charge in [0.05, 0.1) is 0 Å². The second-order valence-corrected chi connectivity index (χ2v) is 4.19. The molecule has 0 saturated carbocycles. The largest absolute Gasteiger partial charge is 0.320 e. The lowest BCUT2D eigenvalue weighted by atomic mass is 9.88. The molecule has 2 aliphatic heterocycles. The molecule has 0 aliphatic carbocycles. The number of fused-ring (bicyclic) bond motifs is 2. The van der Waals surface area contributed by atoms with Crippen LogP contribution in [0.3, 0.4) is 0 Å². The van der Waals surface area contributed by atoms with Crippen LogP contribution in [0.2, 0.25) is 0 Å². The fraction of sp³-hybridized carbons (Fsp3) is 0.778. The molecule has 13 heavy (non-hydrogen) atoms. The molecule has 2 saturated heterocycles. The first kappa shape index (κ1) is 7.50. The Hall–Kier alpha value is -0.900. The lowest BCUT2D eigenvalue weighted by Gasteiger charge is -2.18. The number of hydrogen-bond donors (Lipinski definition) is 1. The molecule has 2 bridgehead atoms. The summed E-state index contributed by atoms with van der Waals surface area (Å²) in [5.74, 6) is 1.76. The molecular formula is C9H14N4. The predicted octanol–water partition coefficient (Wildman–Crippen LogP) is 0.423. The Kier molecular flexibility index (Phi) is 1.47. The van der Waals surface area contributed by atoms with Crippen molar-refractivity contribution in [3.05, 3.63) is 12.2 Å². The summed E-state index contributed by atoms with van der Waals surface area (Å²) in [6.45, 7) is 0. The first-order valence-corrected chi connectivity index (χ1v) is 4.94. The van der Waals surface area contributed by atoms with Gasteiger partial charge in [-0.25, -0.2) is 0 Å². The van der Waals surface area contributed by atoms with E-state index in [-0.39, 0.29) is 0 Å². The van der Waals surface area contributed by atoms with Crippen LogP contribution in [0.5, 0.6) is 0 Å². The van der Waals surface area contributed by atoms with Gasteiger partial charge in [0.15, 0.2) is 0 Å². The molecule has 4 nitrogen and oxygen atoms in total. The summed E-state index contributed by atoms with van der Waals surface area (Å²) in [4.78, 5) is 0. The van der Waals surface area contributed by atoms with Gasteiger partial charge in [-0.3, -0.25) is 0 Å². The highest BCUT2D eigenvalue weighted by Gasteiger charge is 2.41. The fourth-order valence-electron chi connectivity index (χ4n) is 2.74. The lowest BCUT2D eigenvalue weighted by Crippen LogP contribution is -2.23. The molecule has 4 heteroatoms. The summed E-state index contributed by atoms with van der Waals surface area (Å²) in [7, 11) is 2.03. The minimum absolute atomic E-state index is 0.603. The van der Waals surface area contributed by atoms with Gasteiger partial charge in [0, 0.05) is 25.0 Å². The van der Waals surface area contributed by atoms with Crippen molar-refractivity contribution in [3.8, 4) is 0 Å². The molecule has 3 atom stereocenters. The third-order valence-corrected chi connectivity index (χ3v) is 3.38. The van der Waals surface area contributed by atoms with Crippen LogP contribution in [0.4, 0.5) is 0 Å². The van der Waals surface area contributed by atoms with E-state index in [1.54, 1.807) is 6.33 Å². The maximum absolute atomic E-state index is 4.19. The maximum atomic E-state index is 4.19. The normalized spacial score (nSPS) is 37.2. The van der Waals surface area contributed by atoms with Crippen LogP contribution in [0.1, 0.15) is 31.0 Å².